The van der Waals surface area contributed by atoms with Crippen molar-refractivity contribution in [2.24, 2.45) is 7.05 Å². The van der Waals surface area contributed by atoms with Crippen molar-refractivity contribution < 1.29 is 9.59 Å². The zero-order valence-electron chi connectivity index (χ0n) is 14.9. The van der Waals surface area contributed by atoms with Gasteiger partial charge in [-0.1, -0.05) is 24.3 Å². The van der Waals surface area contributed by atoms with Gasteiger partial charge in [-0.2, -0.15) is 0 Å². The van der Waals surface area contributed by atoms with Gasteiger partial charge in [0.2, 0.25) is 5.91 Å². The van der Waals surface area contributed by atoms with Crippen LogP contribution in [0.5, 0.6) is 0 Å². The second-order valence-corrected chi connectivity index (χ2v) is 6.70. The Balaban J connectivity index is 1.60. The Kier molecular flexibility index (Phi) is 5.22. The van der Waals surface area contributed by atoms with Crippen molar-refractivity contribution in [2.45, 2.75) is 19.8 Å². The van der Waals surface area contributed by atoms with E-state index < -0.39 is 0 Å². The topological polar surface area (TPSA) is 45.6 Å². The summed E-state index contributed by atoms with van der Waals surface area (Å²) < 4.78 is 1.88. The van der Waals surface area contributed by atoms with E-state index in [9.17, 15) is 9.59 Å². The number of hydrogen-bond acceptors (Lipinski definition) is 2. The van der Waals surface area contributed by atoms with E-state index >= 15 is 0 Å². The largest absolute Gasteiger partial charge is 0.356 e. The van der Waals surface area contributed by atoms with E-state index in [0.29, 0.717) is 38.2 Å². The van der Waals surface area contributed by atoms with Gasteiger partial charge in [0.25, 0.3) is 5.91 Å². The molecule has 1 aromatic heterocycles. The quantitative estimate of drug-likeness (QED) is 0.861. The van der Waals surface area contributed by atoms with Gasteiger partial charge in [-0.05, 0) is 30.5 Å². The first-order valence-corrected chi connectivity index (χ1v) is 8.78. The van der Waals surface area contributed by atoms with Crippen molar-refractivity contribution in [3.63, 3.8) is 0 Å². The van der Waals surface area contributed by atoms with Gasteiger partial charge in [0.15, 0.2) is 0 Å². The number of amides is 2. The third kappa shape index (κ3) is 4.10. The molecule has 1 aliphatic rings. The zero-order chi connectivity index (χ0) is 17.8. The highest BCUT2D eigenvalue weighted by Gasteiger charge is 2.23. The minimum atomic E-state index is 0.0498. The summed E-state index contributed by atoms with van der Waals surface area (Å²) in [5.74, 6) is 0.192. The monoisotopic (exact) mass is 339 g/mol. The van der Waals surface area contributed by atoms with Gasteiger partial charge in [0, 0.05) is 45.6 Å². The van der Waals surface area contributed by atoms with Crippen LogP contribution >= 0.6 is 0 Å². The maximum atomic E-state index is 12.6. The smallest absolute Gasteiger partial charge is 0.255 e. The van der Waals surface area contributed by atoms with Gasteiger partial charge in [-0.3, -0.25) is 9.59 Å². The van der Waals surface area contributed by atoms with Gasteiger partial charge in [0.1, 0.15) is 0 Å². The fraction of sp³-hybridized carbons (Fsp3) is 0.400. The van der Waals surface area contributed by atoms with E-state index in [1.54, 1.807) is 0 Å². The Morgan fingerprint density at radius 2 is 1.72 bits per heavy atom. The summed E-state index contributed by atoms with van der Waals surface area (Å²) in [7, 11) is 1.91. The zero-order valence-corrected chi connectivity index (χ0v) is 14.9. The minimum Gasteiger partial charge on any atom is -0.356 e. The highest BCUT2D eigenvalue weighted by molar-refractivity contribution is 5.94. The summed E-state index contributed by atoms with van der Waals surface area (Å²) in [6.07, 6.45) is 4.97. The van der Waals surface area contributed by atoms with Gasteiger partial charge in [0.05, 0.1) is 12.0 Å². The molecule has 2 aromatic rings. The molecule has 1 fully saturated rings. The first-order chi connectivity index (χ1) is 12.0. The Bertz CT molecular complexity index is 766. The molecule has 0 spiro atoms. The molecule has 0 unspecified atom stereocenters. The fourth-order valence-corrected chi connectivity index (χ4v) is 3.27. The van der Waals surface area contributed by atoms with Crippen molar-refractivity contribution in [2.75, 3.05) is 26.2 Å². The van der Waals surface area contributed by atoms with E-state index in [1.165, 1.54) is 0 Å². The third-order valence-corrected chi connectivity index (χ3v) is 4.82. The highest BCUT2D eigenvalue weighted by Crippen LogP contribution is 2.13. The van der Waals surface area contributed by atoms with Crippen LogP contribution in [0.3, 0.4) is 0 Å². The fourth-order valence-electron chi connectivity index (χ4n) is 3.27. The summed E-state index contributed by atoms with van der Waals surface area (Å²) in [4.78, 5) is 29.0. The number of benzene rings is 1. The van der Waals surface area contributed by atoms with E-state index in [0.717, 1.165) is 17.5 Å². The molecular formula is C20H25N3O2. The van der Waals surface area contributed by atoms with E-state index in [1.807, 2.05) is 71.1 Å². The van der Waals surface area contributed by atoms with Gasteiger partial charge >= 0.3 is 0 Å². The molecule has 25 heavy (non-hydrogen) atoms. The van der Waals surface area contributed by atoms with Crippen LogP contribution in [0.1, 0.15) is 27.9 Å². The second-order valence-electron chi connectivity index (χ2n) is 6.70. The highest BCUT2D eigenvalue weighted by atomic mass is 16.2. The van der Waals surface area contributed by atoms with Crippen LogP contribution in [0.15, 0.2) is 42.7 Å². The molecule has 0 bridgehead atoms. The number of nitrogens with zero attached hydrogens (tertiary/aromatic N) is 3. The van der Waals surface area contributed by atoms with Gasteiger partial charge < -0.3 is 14.4 Å². The molecule has 0 atom stereocenters. The SMILES string of the molecule is Cc1ccccc1CC(=O)N1CCCN(C(=O)c2ccn(C)c2)CC1. The number of hydrogen-bond donors (Lipinski definition) is 0. The Labute approximate surface area is 148 Å². The van der Waals surface area contributed by atoms with Crippen molar-refractivity contribution in [3.05, 3.63) is 59.4 Å². The van der Waals surface area contributed by atoms with Crippen LogP contribution in [0.2, 0.25) is 0 Å². The summed E-state index contributed by atoms with van der Waals surface area (Å²) >= 11 is 0. The predicted molar refractivity (Wildman–Crippen MR) is 97.4 cm³/mol. The lowest BCUT2D eigenvalue weighted by molar-refractivity contribution is -0.130. The normalized spacial score (nSPS) is 15.1. The first kappa shape index (κ1) is 17.3. The first-order valence-electron chi connectivity index (χ1n) is 8.78. The van der Waals surface area contributed by atoms with Crippen molar-refractivity contribution in [3.8, 4) is 0 Å². The van der Waals surface area contributed by atoms with Crippen LogP contribution in [0, 0.1) is 6.92 Å². The number of aryl methyl sites for hydroxylation is 2. The predicted octanol–water partition coefficient (Wildman–Crippen LogP) is 2.25. The van der Waals surface area contributed by atoms with E-state index in [2.05, 4.69) is 0 Å². The standard InChI is InChI=1S/C20H25N3O2/c1-16-6-3-4-7-17(16)14-19(24)22-9-5-10-23(13-12-22)20(25)18-8-11-21(2)15-18/h3-4,6-8,11,15H,5,9-10,12-14H2,1-2H3. The number of rotatable bonds is 3. The average molecular weight is 339 g/mol. The Hall–Kier alpha value is -2.56. The lowest BCUT2D eigenvalue weighted by Crippen LogP contribution is -2.38. The van der Waals surface area contributed by atoms with Crippen LogP contribution in [-0.2, 0) is 18.3 Å². The summed E-state index contributed by atoms with van der Waals surface area (Å²) in [5.41, 5.74) is 2.93. The van der Waals surface area contributed by atoms with Crippen LogP contribution < -0.4 is 0 Å². The van der Waals surface area contributed by atoms with E-state index in [-0.39, 0.29) is 11.8 Å². The summed E-state index contributed by atoms with van der Waals surface area (Å²) in [6.45, 7) is 4.63. The van der Waals surface area contributed by atoms with Crippen LogP contribution in [0.25, 0.3) is 0 Å². The third-order valence-electron chi connectivity index (χ3n) is 4.82. The molecule has 2 heterocycles. The molecule has 5 nitrogen and oxygen atoms in total. The molecule has 2 amide bonds. The molecule has 0 saturated carbocycles. The number of aromatic nitrogens is 1. The second kappa shape index (κ2) is 7.55. The number of carbonyl (C=O) groups excluding carboxylic acids is 2. The molecule has 132 valence electrons. The summed E-state index contributed by atoms with van der Waals surface area (Å²) in [6, 6.07) is 9.84. The molecular weight excluding hydrogens is 314 g/mol. The maximum absolute atomic E-state index is 12.6. The molecule has 5 heteroatoms. The van der Waals surface area contributed by atoms with Gasteiger partial charge in [-0.15, -0.1) is 0 Å². The summed E-state index contributed by atoms with van der Waals surface area (Å²) in [5, 5.41) is 0. The Morgan fingerprint density at radius 1 is 1.00 bits per heavy atom. The molecule has 0 aliphatic carbocycles. The molecule has 1 aliphatic heterocycles. The minimum absolute atomic E-state index is 0.0498. The molecule has 1 saturated heterocycles. The van der Waals surface area contributed by atoms with Crippen LogP contribution in [-0.4, -0.2) is 52.4 Å². The molecule has 3 rings (SSSR count). The Morgan fingerprint density at radius 3 is 2.44 bits per heavy atom. The molecule has 0 N–H and O–H groups in total. The molecule has 1 aromatic carbocycles. The lowest BCUT2D eigenvalue weighted by atomic mass is 10.1. The van der Waals surface area contributed by atoms with Crippen LogP contribution in [0.4, 0.5) is 0 Å². The van der Waals surface area contributed by atoms with Gasteiger partial charge in [-0.25, -0.2) is 0 Å². The molecule has 0 radical (unpaired) electrons. The van der Waals surface area contributed by atoms with Crippen molar-refractivity contribution >= 4 is 11.8 Å². The lowest BCUT2D eigenvalue weighted by Gasteiger charge is -2.22. The number of carbonyl (C=O) groups is 2. The maximum Gasteiger partial charge on any atom is 0.255 e. The van der Waals surface area contributed by atoms with Crippen molar-refractivity contribution in [1.29, 1.82) is 0 Å². The van der Waals surface area contributed by atoms with Crippen molar-refractivity contribution in [1.82, 2.24) is 14.4 Å². The average Bonchev–Trinajstić information content (AvgIpc) is 2.89. The van der Waals surface area contributed by atoms with E-state index in [4.69, 9.17) is 0 Å².